The molecule has 0 saturated carbocycles. The number of aliphatic carboxylic acids is 1. The Morgan fingerprint density at radius 2 is 2.06 bits per heavy atom. The lowest BCUT2D eigenvalue weighted by Crippen LogP contribution is -2.01. The SMILES string of the molecule is COCCOCc1nnc(CCCCC(=O)O)o1. The van der Waals surface area contributed by atoms with Gasteiger partial charge in [0.25, 0.3) is 0 Å². The third-order valence-corrected chi connectivity index (χ3v) is 2.20. The first-order chi connectivity index (χ1) is 8.72. The molecule has 0 radical (unpaired) electrons. The quantitative estimate of drug-likeness (QED) is 0.626. The molecule has 0 saturated heterocycles. The van der Waals surface area contributed by atoms with Gasteiger partial charge in [0.05, 0.1) is 13.2 Å². The summed E-state index contributed by atoms with van der Waals surface area (Å²) in [4.78, 5) is 10.3. The molecule has 1 aromatic rings. The van der Waals surface area contributed by atoms with Crippen LogP contribution in [-0.2, 0) is 27.3 Å². The zero-order valence-electron chi connectivity index (χ0n) is 10.4. The fraction of sp³-hybridized carbons (Fsp3) is 0.727. The Balaban J connectivity index is 2.15. The van der Waals surface area contributed by atoms with Gasteiger partial charge in [0.1, 0.15) is 6.61 Å². The van der Waals surface area contributed by atoms with Gasteiger partial charge in [-0.3, -0.25) is 4.79 Å². The Bertz CT molecular complexity index is 353. The Morgan fingerprint density at radius 1 is 1.28 bits per heavy atom. The van der Waals surface area contributed by atoms with Crippen LogP contribution in [0.25, 0.3) is 0 Å². The largest absolute Gasteiger partial charge is 0.481 e. The summed E-state index contributed by atoms with van der Waals surface area (Å²) in [7, 11) is 1.60. The molecular formula is C11H18N2O5. The number of hydrogen-bond donors (Lipinski definition) is 1. The van der Waals surface area contributed by atoms with E-state index in [0.29, 0.717) is 37.8 Å². The van der Waals surface area contributed by atoms with E-state index >= 15 is 0 Å². The molecule has 0 aliphatic heterocycles. The minimum atomic E-state index is -0.784. The van der Waals surface area contributed by atoms with Gasteiger partial charge < -0.3 is 19.0 Å². The van der Waals surface area contributed by atoms with Gasteiger partial charge in [-0.1, -0.05) is 0 Å². The fourth-order valence-electron chi connectivity index (χ4n) is 1.30. The van der Waals surface area contributed by atoms with E-state index in [9.17, 15) is 4.79 Å². The lowest BCUT2D eigenvalue weighted by atomic mass is 10.2. The van der Waals surface area contributed by atoms with E-state index < -0.39 is 5.97 Å². The first-order valence-electron chi connectivity index (χ1n) is 5.82. The summed E-state index contributed by atoms with van der Waals surface area (Å²) < 4.78 is 15.4. The highest BCUT2D eigenvalue weighted by molar-refractivity contribution is 5.66. The van der Waals surface area contributed by atoms with Gasteiger partial charge in [-0.15, -0.1) is 10.2 Å². The van der Waals surface area contributed by atoms with Gasteiger partial charge in [0.15, 0.2) is 0 Å². The first kappa shape index (κ1) is 14.6. The summed E-state index contributed by atoms with van der Waals surface area (Å²) in [5.41, 5.74) is 0. The van der Waals surface area contributed by atoms with Crippen molar-refractivity contribution < 1.29 is 23.8 Å². The second-order valence-corrected chi connectivity index (χ2v) is 3.74. The summed E-state index contributed by atoms with van der Waals surface area (Å²) in [6.45, 7) is 1.27. The second-order valence-electron chi connectivity index (χ2n) is 3.74. The number of methoxy groups -OCH3 is 1. The zero-order valence-corrected chi connectivity index (χ0v) is 10.4. The number of aryl methyl sites for hydroxylation is 1. The van der Waals surface area contributed by atoms with Crippen LogP contribution in [0.15, 0.2) is 4.42 Å². The topological polar surface area (TPSA) is 94.7 Å². The lowest BCUT2D eigenvalue weighted by molar-refractivity contribution is -0.137. The van der Waals surface area contributed by atoms with Gasteiger partial charge >= 0.3 is 5.97 Å². The minimum absolute atomic E-state index is 0.168. The van der Waals surface area contributed by atoms with Gasteiger partial charge in [-0.2, -0.15) is 0 Å². The van der Waals surface area contributed by atoms with Crippen molar-refractivity contribution in [2.24, 2.45) is 0 Å². The van der Waals surface area contributed by atoms with Crippen LogP contribution in [-0.4, -0.2) is 41.6 Å². The van der Waals surface area contributed by atoms with E-state index in [0.717, 1.165) is 6.42 Å². The molecule has 0 aliphatic carbocycles. The number of unbranched alkanes of at least 4 members (excludes halogenated alkanes) is 1. The van der Waals surface area contributed by atoms with Crippen LogP contribution in [0.5, 0.6) is 0 Å². The van der Waals surface area contributed by atoms with Crippen molar-refractivity contribution in [1.82, 2.24) is 10.2 Å². The summed E-state index contributed by atoms with van der Waals surface area (Å²) in [6, 6.07) is 0. The number of carboxylic acids is 1. The zero-order chi connectivity index (χ0) is 13.2. The van der Waals surface area contributed by atoms with Crippen molar-refractivity contribution in [2.75, 3.05) is 20.3 Å². The Labute approximate surface area is 105 Å². The number of carbonyl (C=O) groups is 1. The van der Waals surface area contributed by atoms with E-state index in [1.54, 1.807) is 7.11 Å². The van der Waals surface area contributed by atoms with Gasteiger partial charge in [-0.25, -0.2) is 0 Å². The van der Waals surface area contributed by atoms with E-state index in [4.69, 9.17) is 19.0 Å². The molecule has 1 aromatic heterocycles. The fourth-order valence-corrected chi connectivity index (χ4v) is 1.30. The molecular weight excluding hydrogens is 240 g/mol. The van der Waals surface area contributed by atoms with E-state index in [-0.39, 0.29) is 13.0 Å². The molecule has 18 heavy (non-hydrogen) atoms. The monoisotopic (exact) mass is 258 g/mol. The van der Waals surface area contributed by atoms with Crippen LogP contribution in [0.2, 0.25) is 0 Å². The number of nitrogens with zero attached hydrogens (tertiary/aromatic N) is 2. The normalized spacial score (nSPS) is 10.7. The van der Waals surface area contributed by atoms with Crippen LogP contribution in [0.4, 0.5) is 0 Å². The number of carboxylic acid groups (broad SMARTS) is 1. The standard InChI is InChI=1S/C11H18N2O5/c1-16-6-7-17-8-10-13-12-9(18-10)4-2-3-5-11(14)15/h2-8H2,1H3,(H,14,15). The van der Waals surface area contributed by atoms with Gasteiger partial charge in [0, 0.05) is 20.0 Å². The molecule has 7 heteroatoms. The van der Waals surface area contributed by atoms with Crippen molar-refractivity contribution in [3.63, 3.8) is 0 Å². The third-order valence-electron chi connectivity index (χ3n) is 2.20. The first-order valence-corrected chi connectivity index (χ1v) is 5.82. The van der Waals surface area contributed by atoms with Crippen LogP contribution in [0.3, 0.4) is 0 Å². The molecule has 1 rings (SSSR count). The van der Waals surface area contributed by atoms with Crippen LogP contribution < -0.4 is 0 Å². The van der Waals surface area contributed by atoms with E-state index in [1.807, 2.05) is 0 Å². The molecule has 1 N–H and O–H groups in total. The Hall–Kier alpha value is -1.47. The number of hydrogen-bond acceptors (Lipinski definition) is 6. The number of rotatable bonds is 10. The van der Waals surface area contributed by atoms with Crippen molar-refractivity contribution >= 4 is 5.97 Å². The lowest BCUT2D eigenvalue weighted by Gasteiger charge is -1.98. The van der Waals surface area contributed by atoms with Gasteiger partial charge in [0.2, 0.25) is 11.8 Å². The maximum atomic E-state index is 10.3. The predicted molar refractivity (Wildman–Crippen MR) is 61.0 cm³/mol. The minimum Gasteiger partial charge on any atom is -0.481 e. The van der Waals surface area contributed by atoms with Crippen LogP contribution >= 0.6 is 0 Å². The smallest absolute Gasteiger partial charge is 0.303 e. The Morgan fingerprint density at radius 3 is 2.78 bits per heavy atom. The predicted octanol–water partition coefficient (Wildman–Crippen LogP) is 1.03. The molecule has 1 heterocycles. The van der Waals surface area contributed by atoms with E-state index in [1.165, 1.54) is 0 Å². The highest BCUT2D eigenvalue weighted by Crippen LogP contribution is 2.06. The third kappa shape index (κ3) is 6.31. The van der Waals surface area contributed by atoms with Crippen LogP contribution in [0.1, 0.15) is 31.0 Å². The maximum Gasteiger partial charge on any atom is 0.303 e. The summed E-state index contributed by atoms with van der Waals surface area (Å²) in [5.74, 6) is 0.165. The Kier molecular flexibility index (Phi) is 6.97. The molecule has 0 amide bonds. The number of ether oxygens (including phenoxy) is 2. The molecule has 0 unspecified atom stereocenters. The van der Waals surface area contributed by atoms with Crippen molar-refractivity contribution in [3.8, 4) is 0 Å². The molecule has 0 aromatic carbocycles. The molecule has 0 bridgehead atoms. The molecule has 0 aliphatic rings. The second kappa shape index (κ2) is 8.60. The van der Waals surface area contributed by atoms with E-state index in [2.05, 4.69) is 10.2 Å². The number of aromatic nitrogens is 2. The average Bonchev–Trinajstić information content (AvgIpc) is 2.78. The highest BCUT2D eigenvalue weighted by Gasteiger charge is 2.06. The summed E-state index contributed by atoms with van der Waals surface area (Å²) >= 11 is 0. The summed E-state index contributed by atoms with van der Waals surface area (Å²) in [6.07, 6.45) is 2.09. The van der Waals surface area contributed by atoms with Gasteiger partial charge in [-0.05, 0) is 12.8 Å². The highest BCUT2D eigenvalue weighted by atomic mass is 16.5. The molecule has 0 spiro atoms. The molecule has 102 valence electrons. The van der Waals surface area contributed by atoms with Crippen molar-refractivity contribution in [3.05, 3.63) is 11.8 Å². The maximum absolute atomic E-state index is 10.3. The molecule has 0 atom stereocenters. The molecule has 7 nitrogen and oxygen atoms in total. The van der Waals surface area contributed by atoms with Crippen molar-refractivity contribution in [2.45, 2.75) is 32.3 Å². The average molecular weight is 258 g/mol. The summed E-state index contributed by atoms with van der Waals surface area (Å²) in [5, 5.41) is 16.2. The molecule has 0 fully saturated rings. The van der Waals surface area contributed by atoms with Crippen LogP contribution in [0, 0.1) is 0 Å². The van der Waals surface area contributed by atoms with Crippen molar-refractivity contribution in [1.29, 1.82) is 0 Å².